The average molecular weight is 564 g/mol. The molecule has 3 saturated heterocycles. The lowest BCUT2D eigenvalue weighted by Crippen LogP contribution is -2.43. The zero-order chi connectivity index (χ0) is 26.5. The van der Waals surface area contributed by atoms with E-state index >= 15 is 0 Å². The summed E-state index contributed by atoms with van der Waals surface area (Å²) in [6.45, 7) is 6.45. The van der Waals surface area contributed by atoms with Crippen LogP contribution in [0.25, 0.3) is 0 Å². The van der Waals surface area contributed by atoms with Crippen LogP contribution in [0.5, 0.6) is 0 Å². The van der Waals surface area contributed by atoms with E-state index in [0.717, 1.165) is 37.6 Å². The van der Waals surface area contributed by atoms with Crippen molar-refractivity contribution in [3.63, 3.8) is 0 Å². The molecule has 3 aliphatic rings. The molecule has 0 bridgehead atoms. The molecule has 1 N–H and O–H groups in total. The van der Waals surface area contributed by atoms with E-state index in [4.69, 9.17) is 14.3 Å². The highest BCUT2D eigenvalue weighted by molar-refractivity contribution is 7.92. The number of benzene rings is 1. The van der Waals surface area contributed by atoms with E-state index in [1.165, 1.54) is 23.5 Å². The van der Waals surface area contributed by atoms with Crippen molar-refractivity contribution in [2.45, 2.75) is 35.6 Å². The highest BCUT2D eigenvalue weighted by atomic mass is 32.2. The van der Waals surface area contributed by atoms with Crippen LogP contribution in [0.2, 0.25) is 0 Å². The summed E-state index contributed by atoms with van der Waals surface area (Å²) in [5, 5.41) is 6.92. The Morgan fingerprint density at radius 3 is 2.55 bits per heavy atom. The number of nitrogens with one attached hydrogen (secondary N) is 1. The Labute approximate surface area is 226 Å². The maximum atomic E-state index is 13.3. The first-order valence-electron chi connectivity index (χ1n) is 12.8. The van der Waals surface area contributed by atoms with Crippen molar-refractivity contribution in [1.82, 2.24) is 14.8 Å². The summed E-state index contributed by atoms with van der Waals surface area (Å²) in [7, 11) is -1.39. The summed E-state index contributed by atoms with van der Waals surface area (Å²) < 4.78 is 36.4. The maximum absolute atomic E-state index is 13.3. The molecule has 4 heterocycles. The van der Waals surface area contributed by atoms with E-state index < -0.39 is 21.0 Å². The highest BCUT2D eigenvalue weighted by Gasteiger charge is 2.31. The Kier molecular flexibility index (Phi) is 8.71. The molecule has 0 unspecified atom stereocenters. The number of thiazole rings is 1. The number of anilines is 1. The molecule has 206 valence electrons. The fourth-order valence-corrected chi connectivity index (χ4v) is 6.95. The van der Waals surface area contributed by atoms with Crippen molar-refractivity contribution < 1.29 is 27.5 Å². The van der Waals surface area contributed by atoms with Crippen LogP contribution in [-0.2, 0) is 35.5 Å². The molecule has 13 heteroatoms. The number of likely N-dealkylation sites (N-methyl/N-ethyl adjacent to an activating group) is 1. The number of nitrogens with zero attached hydrogens (tertiary/aromatic N) is 4. The number of hydrogen-bond acceptors (Lipinski definition) is 11. The van der Waals surface area contributed by atoms with Crippen LogP contribution in [0.1, 0.15) is 23.3 Å². The number of carbonyl (C=O) groups is 1. The zero-order valence-corrected chi connectivity index (χ0v) is 23.0. The minimum absolute atomic E-state index is 0.0425. The molecule has 0 aliphatic carbocycles. The molecule has 38 heavy (non-hydrogen) atoms. The van der Waals surface area contributed by atoms with Crippen molar-refractivity contribution in [2.75, 3.05) is 65.0 Å². The third-order valence-electron chi connectivity index (χ3n) is 6.93. The minimum atomic E-state index is -3.52. The molecule has 11 nitrogen and oxygen atoms in total. The number of sulfone groups is 1. The van der Waals surface area contributed by atoms with Gasteiger partial charge in [0.25, 0.3) is 5.91 Å². The van der Waals surface area contributed by atoms with Crippen molar-refractivity contribution in [3.8, 4) is 0 Å². The molecule has 1 aromatic carbocycles. The SMILES string of the molecule is CN1CCN(Cc2cnc(NC(=O)/C(=N/O[C@@H]3CCOC3)c3ccc(S(=O)(=O)[C@H]4CCOC4)cc3)s2)CC1. The van der Waals surface area contributed by atoms with Crippen LogP contribution in [0.15, 0.2) is 40.5 Å². The molecule has 1 amide bonds. The Morgan fingerprint density at radius 2 is 1.87 bits per heavy atom. The van der Waals surface area contributed by atoms with Crippen LogP contribution in [-0.4, -0.2) is 106 Å². The first kappa shape index (κ1) is 27.2. The molecule has 5 rings (SSSR count). The zero-order valence-electron chi connectivity index (χ0n) is 21.4. The molecule has 3 aliphatic heterocycles. The molecular weight excluding hydrogens is 530 g/mol. The van der Waals surface area contributed by atoms with Crippen molar-refractivity contribution >= 4 is 37.9 Å². The number of oxime groups is 1. The average Bonchev–Trinajstić information content (AvgIpc) is 3.70. The summed E-state index contributed by atoms with van der Waals surface area (Å²) >= 11 is 1.43. The van der Waals surface area contributed by atoms with Gasteiger partial charge in [-0.15, -0.1) is 11.3 Å². The van der Waals surface area contributed by atoms with E-state index in [0.29, 0.717) is 43.4 Å². The molecule has 1 aromatic heterocycles. The molecule has 2 aromatic rings. The first-order chi connectivity index (χ1) is 18.4. The predicted octanol–water partition coefficient (Wildman–Crippen LogP) is 1.60. The predicted molar refractivity (Wildman–Crippen MR) is 143 cm³/mol. The van der Waals surface area contributed by atoms with Crippen LogP contribution < -0.4 is 5.32 Å². The summed E-state index contributed by atoms with van der Waals surface area (Å²) in [5.74, 6) is -0.482. The summed E-state index contributed by atoms with van der Waals surface area (Å²) in [5.41, 5.74) is 0.484. The number of amides is 1. The third kappa shape index (κ3) is 6.58. The molecule has 3 fully saturated rings. The fraction of sp³-hybridized carbons (Fsp3) is 0.560. The lowest BCUT2D eigenvalue weighted by atomic mass is 10.1. The molecule has 2 atom stereocenters. The van der Waals surface area contributed by atoms with Crippen molar-refractivity contribution in [3.05, 3.63) is 40.9 Å². The van der Waals surface area contributed by atoms with E-state index in [2.05, 4.69) is 32.3 Å². The van der Waals surface area contributed by atoms with Crippen LogP contribution in [0, 0.1) is 0 Å². The van der Waals surface area contributed by atoms with E-state index in [1.807, 2.05) is 0 Å². The topological polar surface area (TPSA) is 123 Å². The third-order valence-corrected chi connectivity index (χ3v) is 10.0. The second kappa shape index (κ2) is 12.2. The van der Waals surface area contributed by atoms with Crippen molar-refractivity contribution in [1.29, 1.82) is 0 Å². The van der Waals surface area contributed by atoms with Gasteiger partial charge in [-0.05, 0) is 25.6 Å². The van der Waals surface area contributed by atoms with Gasteiger partial charge in [0.15, 0.2) is 26.8 Å². The minimum Gasteiger partial charge on any atom is -0.389 e. The summed E-state index contributed by atoms with van der Waals surface area (Å²) in [4.78, 5) is 29.2. The van der Waals surface area contributed by atoms with Gasteiger partial charge in [0.05, 0.1) is 30.0 Å². The standard InChI is InChI=1S/C25H33N5O6S2/c1-29-8-10-30(11-9-29)15-20-14-26-25(37-20)27-24(31)23(28-36-19-6-12-34-16-19)18-2-4-21(5-3-18)38(32,33)22-7-13-35-17-22/h2-5,14,19,22H,6-13,15-17H2,1H3,(H,26,27,31)/b28-23+/t19-,22+/m1/s1. The number of carbonyl (C=O) groups excluding carboxylic acids is 1. The number of rotatable bonds is 9. The molecular formula is C25H33N5O6S2. The monoisotopic (exact) mass is 563 g/mol. The Bertz CT molecular complexity index is 1230. The van der Waals surface area contributed by atoms with Gasteiger partial charge in [-0.1, -0.05) is 17.3 Å². The maximum Gasteiger partial charge on any atom is 0.280 e. The number of piperazine rings is 1. The van der Waals surface area contributed by atoms with Gasteiger partial charge in [-0.2, -0.15) is 0 Å². The quantitative estimate of drug-likeness (QED) is 0.358. The van der Waals surface area contributed by atoms with E-state index in [-0.39, 0.29) is 23.3 Å². The smallest absolute Gasteiger partial charge is 0.280 e. The second-order valence-electron chi connectivity index (χ2n) is 9.75. The van der Waals surface area contributed by atoms with Crippen LogP contribution in [0.3, 0.4) is 0 Å². The van der Waals surface area contributed by atoms with Gasteiger partial charge in [-0.25, -0.2) is 13.4 Å². The van der Waals surface area contributed by atoms with Crippen molar-refractivity contribution in [2.24, 2.45) is 5.16 Å². The normalized spacial score (nSPS) is 23.6. The molecule has 0 radical (unpaired) electrons. The van der Waals surface area contributed by atoms with Crippen LogP contribution >= 0.6 is 11.3 Å². The summed E-state index contributed by atoms with van der Waals surface area (Å²) in [6.07, 6.45) is 2.70. The molecule has 0 saturated carbocycles. The highest BCUT2D eigenvalue weighted by Crippen LogP contribution is 2.24. The fourth-order valence-electron chi connectivity index (χ4n) is 4.52. The van der Waals surface area contributed by atoms with E-state index in [9.17, 15) is 13.2 Å². The second-order valence-corrected chi connectivity index (χ2v) is 13.1. The Hall–Kier alpha value is -2.42. The van der Waals surface area contributed by atoms with Gasteiger partial charge in [0.1, 0.15) is 0 Å². The lowest BCUT2D eigenvalue weighted by Gasteiger charge is -2.31. The van der Waals surface area contributed by atoms with Gasteiger partial charge in [0.2, 0.25) is 0 Å². The van der Waals surface area contributed by atoms with E-state index in [1.54, 1.807) is 18.3 Å². The number of hydrogen-bond donors (Lipinski definition) is 1. The number of ether oxygens (including phenoxy) is 2. The lowest BCUT2D eigenvalue weighted by molar-refractivity contribution is -0.110. The van der Waals surface area contributed by atoms with Gasteiger partial charge in [-0.3, -0.25) is 15.0 Å². The molecule has 0 spiro atoms. The van der Waals surface area contributed by atoms with Gasteiger partial charge < -0.3 is 19.2 Å². The first-order valence-corrected chi connectivity index (χ1v) is 15.2. The van der Waals surface area contributed by atoms with Gasteiger partial charge in [0, 0.05) is 62.4 Å². The summed E-state index contributed by atoms with van der Waals surface area (Å²) in [6, 6.07) is 6.16. The Balaban J connectivity index is 1.30. The Morgan fingerprint density at radius 1 is 1.13 bits per heavy atom. The van der Waals surface area contributed by atoms with Gasteiger partial charge >= 0.3 is 0 Å². The number of aromatic nitrogens is 1. The van der Waals surface area contributed by atoms with Crippen LogP contribution in [0.4, 0.5) is 5.13 Å². The largest absolute Gasteiger partial charge is 0.389 e.